The first kappa shape index (κ1) is 12.8. The Morgan fingerprint density at radius 2 is 1.95 bits per heavy atom. The van der Waals surface area contributed by atoms with Crippen molar-refractivity contribution in [3.8, 4) is 0 Å². The number of para-hydroxylation sites is 1. The number of pyridine rings is 1. The van der Waals surface area contributed by atoms with Crippen molar-refractivity contribution in [2.45, 2.75) is 12.6 Å². The van der Waals surface area contributed by atoms with Gasteiger partial charge in [0.1, 0.15) is 5.58 Å². The van der Waals surface area contributed by atoms with Crippen LogP contribution in [0.2, 0.25) is 0 Å². The fraction of sp³-hybridized carbons (Fsp3) is 0.188. The van der Waals surface area contributed by atoms with Gasteiger partial charge in [0.2, 0.25) is 0 Å². The van der Waals surface area contributed by atoms with E-state index in [0.717, 1.165) is 22.1 Å². The van der Waals surface area contributed by atoms with E-state index in [2.05, 4.69) is 10.3 Å². The molecule has 0 radical (unpaired) electrons. The van der Waals surface area contributed by atoms with E-state index in [4.69, 9.17) is 4.42 Å². The van der Waals surface area contributed by atoms with Gasteiger partial charge in [-0.05, 0) is 23.8 Å². The first-order valence-corrected chi connectivity index (χ1v) is 6.58. The maximum Gasteiger partial charge on any atom is 0.134 e. The number of fused-ring (bicyclic) bond motifs is 1. The topological polar surface area (TPSA) is 58.3 Å². The highest BCUT2D eigenvalue weighted by Gasteiger charge is 2.08. The summed E-state index contributed by atoms with van der Waals surface area (Å²) >= 11 is 0. The molecule has 2 aromatic heterocycles. The van der Waals surface area contributed by atoms with Crippen LogP contribution >= 0.6 is 0 Å². The second kappa shape index (κ2) is 5.86. The van der Waals surface area contributed by atoms with Crippen molar-refractivity contribution in [2.75, 3.05) is 6.54 Å². The third-order valence-corrected chi connectivity index (χ3v) is 3.31. The number of hydrogen-bond acceptors (Lipinski definition) is 4. The van der Waals surface area contributed by atoms with Gasteiger partial charge in [0, 0.05) is 36.4 Å². The van der Waals surface area contributed by atoms with E-state index in [-0.39, 0.29) is 0 Å². The average Bonchev–Trinajstić information content (AvgIpc) is 2.92. The van der Waals surface area contributed by atoms with E-state index in [9.17, 15) is 5.11 Å². The zero-order valence-electron chi connectivity index (χ0n) is 11.0. The van der Waals surface area contributed by atoms with Crippen molar-refractivity contribution in [3.63, 3.8) is 0 Å². The Morgan fingerprint density at radius 3 is 2.80 bits per heavy atom. The van der Waals surface area contributed by atoms with E-state index in [0.29, 0.717) is 13.1 Å². The van der Waals surface area contributed by atoms with Gasteiger partial charge in [-0.15, -0.1) is 0 Å². The monoisotopic (exact) mass is 268 g/mol. The molecule has 0 amide bonds. The van der Waals surface area contributed by atoms with Crippen molar-refractivity contribution in [2.24, 2.45) is 0 Å². The van der Waals surface area contributed by atoms with Gasteiger partial charge in [0.25, 0.3) is 0 Å². The van der Waals surface area contributed by atoms with E-state index in [1.54, 1.807) is 18.7 Å². The van der Waals surface area contributed by atoms with Crippen LogP contribution < -0.4 is 5.32 Å². The molecule has 0 spiro atoms. The van der Waals surface area contributed by atoms with Crippen LogP contribution in [0, 0.1) is 0 Å². The number of rotatable bonds is 5. The molecule has 0 aliphatic rings. The van der Waals surface area contributed by atoms with Crippen LogP contribution in [0.3, 0.4) is 0 Å². The number of aliphatic hydroxyl groups is 1. The molecule has 0 saturated carbocycles. The Hall–Kier alpha value is -2.17. The molecule has 0 aliphatic carbocycles. The molecule has 0 bridgehead atoms. The van der Waals surface area contributed by atoms with E-state index in [1.807, 2.05) is 36.4 Å². The van der Waals surface area contributed by atoms with Crippen LogP contribution in [0.15, 0.2) is 59.5 Å². The van der Waals surface area contributed by atoms with Gasteiger partial charge >= 0.3 is 0 Å². The average molecular weight is 268 g/mol. The molecule has 0 saturated heterocycles. The van der Waals surface area contributed by atoms with Gasteiger partial charge in [-0.1, -0.05) is 18.2 Å². The van der Waals surface area contributed by atoms with Crippen molar-refractivity contribution in [1.82, 2.24) is 10.3 Å². The predicted molar refractivity (Wildman–Crippen MR) is 77.1 cm³/mol. The highest BCUT2D eigenvalue weighted by molar-refractivity contribution is 5.80. The van der Waals surface area contributed by atoms with Crippen LogP contribution in [0.1, 0.15) is 17.2 Å². The smallest absolute Gasteiger partial charge is 0.134 e. The molecule has 4 heteroatoms. The number of furan rings is 1. The normalized spacial score (nSPS) is 12.7. The molecule has 2 N–H and O–H groups in total. The highest BCUT2D eigenvalue weighted by Crippen LogP contribution is 2.20. The fourth-order valence-electron chi connectivity index (χ4n) is 2.22. The van der Waals surface area contributed by atoms with Crippen LogP contribution in [0.5, 0.6) is 0 Å². The van der Waals surface area contributed by atoms with Crippen LogP contribution in [0.25, 0.3) is 11.0 Å². The number of hydrogen-bond donors (Lipinski definition) is 2. The molecule has 3 aromatic rings. The molecule has 3 rings (SSSR count). The lowest BCUT2D eigenvalue weighted by Crippen LogP contribution is -2.20. The van der Waals surface area contributed by atoms with Crippen LogP contribution in [-0.2, 0) is 6.54 Å². The molecule has 102 valence electrons. The predicted octanol–water partition coefficient (Wildman–Crippen LogP) is 2.65. The quantitative estimate of drug-likeness (QED) is 0.747. The number of aromatic nitrogens is 1. The van der Waals surface area contributed by atoms with Gasteiger partial charge in [0.05, 0.1) is 12.4 Å². The Morgan fingerprint density at radius 1 is 1.15 bits per heavy atom. The standard InChI is InChI=1S/C16H16N2O2/c19-15(12-5-7-17-8-6-12)10-18-9-13-11-20-16-4-2-1-3-14(13)16/h1-8,11,15,18-19H,9-10H2. The van der Waals surface area contributed by atoms with Gasteiger partial charge < -0.3 is 14.8 Å². The summed E-state index contributed by atoms with van der Waals surface area (Å²) in [6.45, 7) is 1.16. The second-order valence-electron chi connectivity index (χ2n) is 4.68. The molecule has 1 aromatic carbocycles. The minimum Gasteiger partial charge on any atom is -0.464 e. The lowest BCUT2D eigenvalue weighted by molar-refractivity contribution is 0.174. The Labute approximate surface area is 117 Å². The number of aliphatic hydroxyl groups excluding tert-OH is 1. The summed E-state index contributed by atoms with van der Waals surface area (Å²) < 4.78 is 5.48. The van der Waals surface area contributed by atoms with Crippen molar-refractivity contribution >= 4 is 11.0 Å². The Kier molecular flexibility index (Phi) is 3.76. The van der Waals surface area contributed by atoms with Crippen LogP contribution in [0.4, 0.5) is 0 Å². The first-order valence-electron chi connectivity index (χ1n) is 6.58. The molecular weight excluding hydrogens is 252 g/mol. The van der Waals surface area contributed by atoms with Gasteiger partial charge in [-0.3, -0.25) is 4.98 Å². The Bertz CT molecular complexity index is 679. The largest absolute Gasteiger partial charge is 0.464 e. The molecular formula is C16H16N2O2. The van der Waals surface area contributed by atoms with Crippen molar-refractivity contribution < 1.29 is 9.52 Å². The molecule has 2 heterocycles. The number of nitrogens with zero attached hydrogens (tertiary/aromatic N) is 1. The third-order valence-electron chi connectivity index (χ3n) is 3.31. The maximum absolute atomic E-state index is 10.0. The summed E-state index contributed by atoms with van der Waals surface area (Å²) in [5, 5.41) is 14.4. The maximum atomic E-state index is 10.0. The van der Waals surface area contributed by atoms with Gasteiger partial charge in [0.15, 0.2) is 0 Å². The minimum absolute atomic E-state index is 0.490. The summed E-state index contributed by atoms with van der Waals surface area (Å²) in [5.41, 5.74) is 2.85. The molecule has 1 atom stereocenters. The molecule has 1 unspecified atom stereocenters. The van der Waals surface area contributed by atoms with Crippen molar-refractivity contribution in [1.29, 1.82) is 0 Å². The zero-order chi connectivity index (χ0) is 13.8. The zero-order valence-corrected chi connectivity index (χ0v) is 11.0. The van der Waals surface area contributed by atoms with Crippen LogP contribution in [-0.4, -0.2) is 16.6 Å². The van der Waals surface area contributed by atoms with Gasteiger partial charge in [-0.2, -0.15) is 0 Å². The SMILES string of the molecule is OC(CNCc1coc2ccccc12)c1ccncc1. The Balaban J connectivity index is 1.60. The van der Waals surface area contributed by atoms with E-state index < -0.39 is 6.10 Å². The van der Waals surface area contributed by atoms with Crippen molar-refractivity contribution in [3.05, 3.63) is 66.2 Å². The summed E-state index contributed by atoms with van der Waals surface area (Å²) in [5.74, 6) is 0. The van der Waals surface area contributed by atoms with E-state index in [1.165, 1.54) is 0 Å². The molecule has 20 heavy (non-hydrogen) atoms. The van der Waals surface area contributed by atoms with Gasteiger partial charge in [-0.25, -0.2) is 0 Å². The lowest BCUT2D eigenvalue weighted by Gasteiger charge is -2.11. The summed E-state index contributed by atoms with van der Waals surface area (Å²) in [6.07, 6.45) is 4.59. The molecule has 4 nitrogen and oxygen atoms in total. The molecule has 0 fully saturated rings. The summed E-state index contributed by atoms with van der Waals surface area (Å²) in [6, 6.07) is 11.6. The molecule has 0 aliphatic heterocycles. The number of benzene rings is 1. The second-order valence-corrected chi connectivity index (χ2v) is 4.68. The summed E-state index contributed by atoms with van der Waals surface area (Å²) in [7, 11) is 0. The minimum atomic E-state index is -0.531. The van der Waals surface area contributed by atoms with E-state index >= 15 is 0 Å². The third kappa shape index (κ3) is 2.71. The summed E-state index contributed by atoms with van der Waals surface area (Å²) in [4.78, 5) is 3.94. The fourth-order valence-corrected chi connectivity index (χ4v) is 2.22. The highest BCUT2D eigenvalue weighted by atomic mass is 16.3. The lowest BCUT2D eigenvalue weighted by atomic mass is 10.1. The first-order chi connectivity index (χ1) is 9.84. The number of nitrogens with one attached hydrogen (secondary N) is 1.